The van der Waals surface area contributed by atoms with Crippen LogP contribution < -0.4 is 0 Å². The molecule has 8 heteroatoms. The van der Waals surface area contributed by atoms with Crippen molar-refractivity contribution in [1.29, 1.82) is 0 Å². The van der Waals surface area contributed by atoms with E-state index in [-0.39, 0.29) is 6.29 Å². The number of aromatic nitrogens is 2. The molecule has 0 spiro atoms. The van der Waals surface area contributed by atoms with E-state index in [0.717, 1.165) is 40.3 Å². The Hall–Kier alpha value is -0.380. The first-order valence-corrected chi connectivity index (χ1v) is 11.6. The molecule has 3 heterocycles. The summed E-state index contributed by atoms with van der Waals surface area (Å²) in [6, 6.07) is 0. The lowest BCUT2D eigenvalue weighted by Crippen LogP contribution is -2.25. The van der Waals surface area contributed by atoms with E-state index < -0.39 is 0 Å². The highest BCUT2D eigenvalue weighted by Crippen LogP contribution is 2.39. The van der Waals surface area contributed by atoms with Gasteiger partial charge in [-0.3, -0.25) is 0 Å². The van der Waals surface area contributed by atoms with Gasteiger partial charge in [-0.2, -0.15) is 0 Å². The molecule has 25 heavy (non-hydrogen) atoms. The van der Waals surface area contributed by atoms with Crippen molar-refractivity contribution in [2.75, 3.05) is 38.8 Å². The summed E-state index contributed by atoms with van der Waals surface area (Å²) in [4.78, 5) is 14.5. The van der Waals surface area contributed by atoms with Crippen molar-refractivity contribution in [3.63, 3.8) is 0 Å². The summed E-state index contributed by atoms with van der Waals surface area (Å²) >= 11 is 5.14. The number of fused-ring (bicyclic) bond motifs is 3. The van der Waals surface area contributed by atoms with Crippen LogP contribution in [0.5, 0.6) is 0 Å². The van der Waals surface area contributed by atoms with Gasteiger partial charge in [-0.1, -0.05) is 11.8 Å². The Balaban J connectivity index is 1.92. The predicted octanol–water partition coefficient (Wildman–Crippen LogP) is 3.89. The van der Waals surface area contributed by atoms with Crippen LogP contribution in [0.1, 0.15) is 24.3 Å². The van der Waals surface area contributed by atoms with Gasteiger partial charge in [0.1, 0.15) is 9.86 Å². The number of hydrogen-bond acceptors (Lipinski definition) is 8. The molecule has 0 saturated carbocycles. The number of nitrogens with zero attached hydrogens (tertiary/aromatic N) is 3. The lowest BCUT2D eigenvalue weighted by molar-refractivity contribution is -0.120. The Kier molecular flexibility index (Phi) is 6.99. The third-order valence-corrected chi connectivity index (χ3v) is 6.75. The Labute approximate surface area is 161 Å². The van der Waals surface area contributed by atoms with Gasteiger partial charge >= 0.3 is 0 Å². The Morgan fingerprint density at radius 2 is 2.00 bits per heavy atom. The zero-order chi connectivity index (χ0) is 17.8. The summed E-state index contributed by atoms with van der Waals surface area (Å²) in [6.45, 7) is 7.40. The lowest BCUT2D eigenvalue weighted by atomic mass is 10.1. The maximum atomic E-state index is 5.69. The van der Waals surface area contributed by atoms with Crippen molar-refractivity contribution in [3.8, 4) is 0 Å². The first-order chi connectivity index (χ1) is 12.2. The molecule has 0 amide bonds. The summed E-state index contributed by atoms with van der Waals surface area (Å²) in [5.41, 5.74) is 1.44. The van der Waals surface area contributed by atoms with Crippen molar-refractivity contribution >= 4 is 45.1 Å². The fourth-order valence-corrected chi connectivity index (χ4v) is 5.78. The van der Waals surface area contributed by atoms with Gasteiger partial charge in [0.25, 0.3) is 0 Å². The molecule has 2 aromatic rings. The van der Waals surface area contributed by atoms with Crippen molar-refractivity contribution in [2.45, 2.75) is 43.3 Å². The van der Waals surface area contributed by atoms with E-state index in [1.807, 2.05) is 31.4 Å². The number of hydrogen-bond donors (Lipinski definition) is 0. The number of thioether (sulfide) groups is 2. The first kappa shape index (κ1) is 19.4. The number of thiophene rings is 1. The van der Waals surface area contributed by atoms with Crippen LogP contribution in [-0.2, 0) is 22.4 Å². The molecule has 0 aliphatic carbocycles. The highest BCUT2D eigenvalue weighted by Gasteiger charge is 2.23. The second kappa shape index (κ2) is 9.01. The Morgan fingerprint density at radius 3 is 2.68 bits per heavy atom. The van der Waals surface area contributed by atoms with Crippen LogP contribution in [0.3, 0.4) is 0 Å². The van der Waals surface area contributed by atoms with E-state index in [2.05, 4.69) is 11.9 Å². The summed E-state index contributed by atoms with van der Waals surface area (Å²) < 4.78 is 11.4. The van der Waals surface area contributed by atoms with E-state index in [4.69, 9.17) is 19.4 Å². The van der Waals surface area contributed by atoms with Crippen LogP contribution in [0, 0.1) is 0 Å². The molecule has 5 nitrogen and oxygen atoms in total. The zero-order valence-corrected chi connectivity index (χ0v) is 17.7. The fraction of sp³-hybridized carbons (Fsp3) is 0.647. The van der Waals surface area contributed by atoms with Gasteiger partial charge in [-0.05, 0) is 39.1 Å². The van der Waals surface area contributed by atoms with E-state index >= 15 is 0 Å². The van der Waals surface area contributed by atoms with Crippen molar-refractivity contribution in [2.24, 2.45) is 0 Å². The molecule has 0 N–H and O–H groups in total. The number of likely N-dealkylation sites (N-methyl/N-ethyl adjacent to an activating group) is 1. The summed E-state index contributed by atoms with van der Waals surface area (Å²) in [5, 5.41) is 3.16. The molecule has 0 saturated heterocycles. The minimum absolute atomic E-state index is 0.191. The summed E-state index contributed by atoms with van der Waals surface area (Å²) in [6.07, 6.45) is 2.91. The van der Waals surface area contributed by atoms with E-state index in [0.29, 0.717) is 13.2 Å². The topological polar surface area (TPSA) is 47.5 Å². The molecule has 0 atom stereocenters. The minimum atomic E-state index is -0.191. The average Bonchev–Trinajstić information content (AvgIpc) is 2.96. The van der Waals surface area contributed by atoms with Gasteiger partial charge in [-0.25, -0.2) is 9.97 Å². The Bertz CT molecular complexity index is 717. The van der Waals surface area contributed by atoms with Crippen LogP contribution in [-0.4, -0.2) is 60.0 Å². The second-order valence-corrected chi connectivity index (χ2v) is 8.70. The van der Waals surface area contributed by atoms with E-state index in [9.17, 15) is 0 Å². The molecule has 0 unspecified atom stereocenters. The van der Waals surface area contributed by atoms with Crippen LogP contribution >= 0.6 is 34.9 Å². The summed E-state index contributed by atoms with van der Waals surface area (Å²) in [7, 11) is 2.18. The normalized spacial score (nSPS) is 15.2. The molecule has 138 valence electrons. The number of rotatable bonds is 8. The molecular formula is C17H25N3O2S3. The minimum Gasteiger partial charge on any atom is -0.352 e. The lowest BCUT2D eigenvalue weighted by Gasteiger charge is -2.22. The van der Waals surface area contributed by atoms with Crippen LogP contribution in [0.4, 0.5) is 0 Å². The van der Waals surface area contributed by atoms with Gasteiger partial charge in [0.2, 0.25) is 0 Å². The molecule has 0 bridgehead atoms. The maximum absolute atomic E-state index is 5.69. The third kappa shape index (κ3) is 4.48. The van der Waals surface area contributed by atoms with Crippen LogP contribution in [0.2, 0.25) is 0 Å². The molecule has 0 fully saturated rings. The zero-order valence-electron chi connectivity index (χ0n) is 15.2. The standard InChI is InChI=1S/C17H25N3O2S3/c1-5-21-13(22-6-2)10-24-15-14-11-7-8-20(3)9-12(11)25-16(14)19-17(18-15)23-4/h13H,5-10H2,1-4H3. The van der Waals surface area contributed by atoms with Crippen molar-refractivity contribution in [1.82, 2.24) is 14.9 Å². The van der Waals surface area contributed by atoms with Crippen molar-refractivity contribution < 1.29 is 9.47 Å². The average molecular weight is 400 g/mol. The van der Waals surface area contributed by atoms with E-state index in [1.165, 1.54) is 15.8 Å². The van der Waals surface area contributed by atoms with E-state index in [1.54, 1.807) is 23.5 Å². The van der Waals surface area contributed by atoms with Crippen LogP contribution in [0.15, 0.2) is 10.2 Å². The van der Waals surface area contributed by atoms with Gasteiger partial charge in [0.05, 0.1) is 5.75 Å². The first-order valence-electron chi connectivity index (χ1n) is 8.57. The SMILES string of the molecule is CCOC(CSc1nc(SC)nc2sc3c(c12)CCN(C)C3)OCC. The quantitative estimate of drug-likeness (QED) is 0.289. The van der Waals surface area contributed by atoms with Gasteiger partial charge in [0.15, 0.2) is 11.4 Å². The summed E-state index contributed by atoms with van der Waals surface area (Å²) in [5.74, 6) is 0.742. The molecule has 3 rings (SSSR count). The molecule has 2 aromatic heterocycles. The largest absolute Gasteiger partial charge is 0.352 e. The smallest absolute Gasteiger partial charge is 0.189 e. The molecule has 1 aliphatic heterocycles. The van der Waals surface area contributed by atoms with Crippen molar-refractivity contribution in [3.05, 3.63) is 10.4 Å². The highest BCUT2D eigenvalue weighted by molar-refractivity contribution is 7.99. The molecule has 0 aromatic carbocycles. The van der Waals surface area contributed by atoms with Gasteiger partial charge in [0, 0.05) is 36.6 Å². The number of ether oxygens (including phenoxy) is 2. The highest BCUT2D eigenvalue weighted by atomic mass is 32.2. The predicted molar refractivity (Wildman–Crippen MR) is 107 cm³/mol. The molecule has 0 radical (unpaired) electrons. The van der Waals surface area contributed by atoms with Crippen LogP contribution in [0.25, 0.3) is 10.2 Å². The maximum Gasteiger partial charge on any atom is 0.189 e. The van der Waals surface area contributed by atoms with Gasteiger partial charge in [-0.15, -0.1) is 23.1 Å². The Morgan fingerprint density at radius 1 is 1.24 bits per heavy atom. The molecular weight excluding hydrogens is 374 g/mol. The fourth-order valence-electron chi connectivity index (χ4n) is 2.93. The third-order valence-electron chi connectivity index (χ3n) is 4.08. The molecule has 1 aliphatic rings. The van der Waals surface area contributed by atoms with Gasteiger partial charge < -0.3 is 14.4 Å². The second-order valence-electron chi connectivity index (χ2n) is 5.84. The monoisotopic (exact) mass is 399 g/mol.